The van der Waals surface area contributed by atoms with Crippen LogP contribution in [0.3, 0.4) is 0 Å². The second-order valence-corrected chi connectivity index (χ2v) is 3.93. The summed E-state index contributed by atoms with van der Waals surface area (Å²) in [6.07, 6.45) is 1.64. The number of aromatic nitrogens is 3. The van der Waals surface area contributed by atoms with E-state index in [1.807, 2.05) is 6.92 Å². The molecule has 0 saturated heterocycles. The molecule has 7 nitrogen and oxygen atoms in total. The van der Waals surface area contributed by atoms with Gasteiger partial charge in [0.15, 0.2) is 0 Å². The van der Waals surface area contributed by atoms with Gasteiger partial charge in [-0.1, -0.05) is 0 Å². The smallest absolute Gasteiger partial charge is 0.376 e. The van der Waals surface area contributed by atoms with E-state index in [4.69, 9.17) is 4.42 Å². The molecule has 0 aromatic carbocycles. The molecule has 0 amide bonds. The van der Waals surface area contributed by atoms with Gasteiger partial charge in [-0.25, -0.2) is 19.7 Å². The second-order valence-electron chi connectivity index (χ2n) is 3.93. The Morgan fingerprint density at radius 1 is 1.42 bits per heavy atom. The van der Waals surface area contributed by atoms with Crippen molar-refractivity contribution < 1.29 is 13.9 Å². The van der Waals surface area contributed by atoms with Gasteiger partial charge in [-0.15, -0.1) is 0 Å². The lowest BCUT2D eigenvalue weighted by Gasteiger charge is -2.05. The molecule has 0 fully saturated rings. The van der Waals surface area contributed by atoms with Gasteiger partial charge in [0.1, 0.15) is 11.6 Å². The van der Waals surface area contributed by atoms with Crippen molar-refractivity contribution in [2.45, 2.75) is 20.4 Å². The maximum absolute atomic E-state index is 11.4. The first kappa shape index (κ1) is 13.0. The molecular formula is C12H14N4O3. The van der Waals surface area contributed by atoms with Crippen molar-refractivity contribution in [3.63, 3.8) is 0 Å². The summed E-state index contributed by atoms with van der Waals surface area (Å²) in [5.74, 6) is 1.26. The molecule has 0 atom stereocenters. The van der Waals surface area contributed by atoms with Gasteiger partial charge in [-0.3, -0.25) is 0 Å². The van der Waals surface area contributed by atoms with E-state index in [9.17, 15) is 4.79 Å². The quantitative estimate of drug-likeness (QED) is 0.834. The van der Waals surface area contributed by atoms with Crippen LogP contribution in [0.1, 0.15) is 28.0 Å². The van der Waals surface area contributed by atoms with Crippen LogP contribution in [0.25, 0.3) is 0 Å². The van der Waals surface area contributed by atoms with Crippen LogP contribution in [-0.2, 0) is 11.3 Å². The van der Waals surface area contributed by atoms with Crippen LogP contribution < -0.4 is 5.32 Å². The second kappa shape index (κ2) is 5.47. The zero-order chi connectivity index (χ0) is 13.8. The van der Waals surface area contributed by atoms with E-state index >= 15 is 0 Å². The zero-order valence-corrected chi connectivity index (χ0v) is 10.9. The van der Waals surface area contributed by atoms with Gasteiger partial charge in [0, 0.05) is 11.8 Å². The highest BCUT2D eigenvalue weighted by Crippen LogP contribution is 2.09. The number of hydrogen-bond acceptors (Lipinski definition) is 7. The summed E-state index contributed by atoms with van der Waals surface area (Å²) in [5, 5.41) is 3.02. The molecule has 2 rings (SSSR count). The van der Waals surface area contributed by atoms with Gasteiger partial charge in [0.05, 0.1) is 19.9 Å². The summed E-state index contributed by atoms with van der Waals surface area (Å²) in [6, 6.07) is 1.72. The van der Waals surface area contributed by atoms with E-state index in [0.717, 1.165) is 5.76 Å². The number of anilines is 1. The Bertz CT molecular complexity index is 594. The number of methoxy groups -OCH3 is 1. The molecule has 0 radical (unpaired) electrons. The van der Waals surface area contributed by atoms with Crippen LogP contribution in [0.2, 0.25) is 0 Å². The molecular weight excluding hydrogens is 248 g/mol. The van der Waals surface area contributed by atoms with Gasteiger partial charge in [0.25, 0.3) is 0 Å². The molecule has 100 valence electrons. The third kappa shape index (κ3) is 3.27. The molecule has 0 aliphatic rings. The highest BCUT2D eigenvalue weighted by atomic mass is 16.5. The molecule has 0 saturated carbocycles. The van der Waals surface area contributed by atoms with Crippen LogP contribution in [0.4, 0.5) is 5.82 Å². The standard InChI is InChI=1S/C12H14N4O3/c1-7-4-9(16-11(15-7)12(17)18-3)13-6-10-14-5-8(2)19-10/h4-5H,6H2,1-3H3,(H,13,15,16). The fraction of sp³-hybridized carbons (Fsp3) is 0.333. The number of esters is 1. The van der Waals surface area contributed by atoms with Crippen LogP contribution in [0.5, 0.6) is 0 Å². The zero-order valence-electron chi connectivity index (χ0n) is 10.9. The van der Waals surface area contributed by atoms with E-state index in [1.165, 1.54) is 7.11 Å². The van der Waals surface area contributed by atoms with E-state index < -0.39 is 5.97 Å². The summed E-state index contributed by atoms with van der Waals surface area (Å²) < 4.78 is 9.92. The highest BCUT2D eigenvalue weighted by Gasteiger charge is 2.11. The van der Waals surface area contributed by atoms with Gasteiger partial charge in [0.2, 0.25) is 11.7 Å². The number of ether oxygens (including phenoxy) is 1. The Balaban J connectivity index is 2.11. The van der Waals surface area contributed by atoms with Crippen LogP contribution >= 0.6 is 0 Å². The lowest BCUT2D eigenvalue weighted by Crippen LogP contribution is -2.11. The fourth-order valence-corrected chi connectivity index (χ4v) is 1.49. The summed E-state index contributed by atoms with van der Waals surface area (Å²) in [4.78, 5) is 23.5. The predicted octanol–water partition coefficient (Wildman–Crippen LogP) is 1.48. The van der Waals surface area contributed by atoms with Crippen molar-refractivity contribution in [2.24, 2.45) is 0 Å². The average Bonchev–Trinajstić information content (AvgIpc) is 2.80. The Hall–Kier alpha value is -2.44. The minimum absolute atomic E-state index is 0.0218. The van der Waals surface area contributed by atoms with Crippen molar-refractivity contribution in [1.29, 1.82) is 0 Å². The minimum Gasteiger partial charge on any atom is -0.463 e. The normalized spacial score (nSPS) is 10.3. The summed E-state index contributed by atoms with van der Waals surface area (Å²) >= 11 is 0. The third-order valence-corrected chi connectivity index (χ3v) is 2.31. The average molecular weight is 262 g/mol. The monoisotopic (exact) mass is 262 g/mol. The predicted molar refractivity (Wildman–Crippen MR) is 66.7 cm³/mol. The first-order valence-electron chi connectivity index (χ1n) is 5.67. The molecule has 2 heterocycles. The van der Waals surface area contributed by atoms with Crippen LogP contribution in [0, 0.1) is 13.8 Å². The van der Waals surface area contributed by atoms with Crippen molar-refractivity contribution in [3.05, 3.63) is 35.4 Å². The molecule has 0 spiro atoms. The van der Waals surface area contributed by atoms with E-state index in [1.54, 1.807) is 19.2 Å². The van der Waals surface area contributed by atoms with Crippen molar-refractivity contribution in [1.82, 2.24) is 15.0 Å². The van der Waals surface area contributed by atoms with Crippen molar-refractivity contribution >= 4 is 11.8 Å². The third-order valence-electron chi connectivity index (χ3n) is 2.31. The first-order valence-corrected chi connectivity index (χ1v) is 5.67. The maximum atomic E-state index is 11.4. The van der Waals surface area contributed by atoms with Gasteiger partial charge in [-0.05, 0) is 13.8 Å². The van der Waals surface area contributed by atoms with E-state index in [2.05, 4.69) is 25.0 Å². The number of oxazole rings is 1. The SMILES string of the molecule is COC(=O)c1nc(C)cc(NCc2ncc(C)o2)n1. The number of aryl methyl sites for hydroxylation is 2. The Morgan fingerprint density at radius 3 is 2.84 bits per heavy atom. The molecule has 0 unspecified atom stereocenters. The van der Waals surface area contributed by atoms with Crippen molar-refractivity contribution in [3.8, 4) is 0 Å². The molecule has 0 aliphatic carbocycles. The van der Waals surface area contributed by atoms with E-state index in [0.29, 0.717) is 23.9 Å². The lowest BCUT2D eigenvalue weighted by molar-refractivity contribution is 0.0586. The molecule has 0 aliphatic heterocycles. The number of hydrogen-bond donors (Lipinski definition) is 1. The topological polar surface area (TPSA) is 90.1 Å². The fourth-order valence-electron chi connectivity index (χ4n) is 1.49. The van der Waals surface area contributed by atoms with Gasteiger partial charge < -0.3 is 14.5 Å². The molecule has 2 aromatic heterocycles. The minimum atomic E-state index is -0.571. The number of carbonyl (C=O) groups excluding carboxylic acids is 1. The van der Waals surface area contributed by atoms with E-state index in [-0.39, 0.29) is 5.82 Å². The van der Waals surface area contributed by atoms with Crippen LogP contribution in [-0.4, -0.2) is 28.0 Å². The maximum Gasteiger partial charge on any atom is 0.376 e. The number of rotatable bonds is 4. The summed E-state index contributed by atoms with van der Waals surface area (Å²) in [7, 11) is 1.29. The lowest BCUT2D eigenvalue weighted by atomic mass is 10.4. The Labute approximate surface area is 110 Å². The highest BCUT2D eigenvalue weighted by molar-refractivity contribution is 5.85. The van der Waals surface area contributed by atoms with Gasteiger partial charge in [-0.2, -0.15) is 0 Å². The summed E-state index contributed by atoms with van der Waals surface area (Å²) in [6.45, 7) is 3.97. The number of carbonyl (C=O) groups is 1. The Morgan fingerprint density at radius 2 is 2.21 bits per heavy atom. The molecule has 0 bridgehead atoms. The van der Waals surface area contributed by atoms with Crippen LogP contribution in [0.15, 0.2) is 16.7 Å². The Kier molecular flexibility index (Phi) is 3.74. The molecule has 7 heteroatoms. The largest absolute Gasteiger partial charge is 0.463 e. The van der Waals surface area contributed by atoms with Gasteiger partial charge >= 0.3 is 5.97 Å². The molecule has 19 heavy (non-hydrogen) atoms. The van der Waals surface area contributed by atoms with Crippen molar-refractivity contribution in [2.75, 3.05) is 12.4 Å². The molecule has 2 aromatic rings. The summed E-state index contributed by atoms with van der Waals surface area (Å²) in [5.41, 5.74) is 0.668. The molecule has 1 N–H and O–H groups in total. The number of nitrogens with one attached hydrogen (secondary N) is 1. The first-order chi connectivity index (χ1) is 9.08. The number of nitrogens with zero attached hydrogens (tertiary/aromatic N) is 3.